The molecule has 1 amide bonds. The Labute approximate surface area is 136 Å². The first-order valence-corrected chi connectivity index (χ1v) is 8.66. The first kappa shape index (κ1) is 16.4. The molecular formula is C18H22N2OS. The summed E-state index contributed by atoms with van der Waals surface area (Å²) < 4.78 is 0. The zero-order valence-corrected chi connectivity index (χ0v) is 14.0. The maximum absolute atomic E-state index is 12.4. The van der Waals surface area contributed by atoms with Crippen molar-refractivity contribution in [2.24, 2.45) is 0 Å². The number of carbonyl (C=O) groups is 1. The SMILES string of the molecule is CCc1cccc(NC(C)C(=O)Nc2ccccc2SC)c1. The predicted molar refractivity (Wildman–Crippen MR) is 95.8 cm³/mol. The van der Waals surface area contributed by atoms with Crippen LogP contribution < -0.4 is 10.6 Å². The number of thioether (sulfide) groups is 1. The Morgan fingerprint density at radius 1 is 1.18 bits per heavy atom. The standard InChI is InChI=1S/C18H22N2OS/c1-4-14-8-7-9-15(12-14)19-13(2)18(21)20-16-10-5-6-11-17(16)22-3/h5-13,19H,4H2,1-3H3,(H,20,21). The number of benzene rings is 2. The highest BCUT2D eigenvalue weighted by Crippen LogP contribution is 2.24. The van der Waals surface area contributed by atoms with Crippen molar-refractivity contribution in [3.05, 3.63) is 54.1 Å². The van der Waals surface area contributed by atoms with Crippen LogP contribution >= 0.6 is 11.8 Å². The second kappa shape index (κ2) is 7.90. The fourth-order valence-corrected chi connectivity index (χ4v) is 2.74. The van der Waals surface area contributed by atoms with Gasteiger partial charge >= 0.3 is 0 Å². The first-order chi connectivity index (χ1) is 10.6. The van der Waals surface area contributed by atoms with E-state index in [-0.39, 0.29) is 11.9 Å². The van der Waals surface area contributed by atoms with Gasteiger partial charge in [-0.25, -0.2) is 0 Å². The van der Waals surface area contributed by atoms with Gasteiger partial charge in [0, 0.05) is 10.6 Å². The van der Waals surface area contributed by atoms with E-state index in [1.54, 1.807) is 11.8 Å². The van der Waals surface area contributed by atoms with Crippen molar-refractivity contribution in [2.45, 2.75) is 31.2 Å². The van der Waals surface area contributed by atoms with Crippen LogP contribution in [0.4, 0.5) is 11.4 Å². The lowest BCUT2D eigenvalue weighted by atomic mass is 10.1. The fourth-order valence-electron chi connectivity index (χ4n) is 2.19. The number of amides is 1. The zero-order valence-electron chi connectivity index (χ0n) is 13.2. The minimum Gasteiger partial charge on any atom is -0.374 e. The largest absolute Gasteiger partial charge is 0.374 e. The number of para-hydroxylation sites is 1. The number of aryl methyl sites for hydroxylation is 1. The second-order valence-corrected chi connectivity index (χ2v) is 5.96. The summed E-state index contributed by atoms with van der Waals surface area (Å²) in [5.74, 6) is -0.0385. The molecule has 0 aliphatic rings. The number of rotatable bonds is 6. The van der Waals surface area contributed by atoms with Gasteiger partial charge in [-0.15, -0.1) is 11.8 Å². The molecule has 1 unspecified atom stereocenters. The van der Waals surface area contributed by atoms with Crippen molar-refractivity contribution in [3.63, 3.8) is 0 Å². The molecule has 2 rings (SSSR count). The van der Waals surface area contributed by atoms with Crippen molar-refractivity contribution in [3.8, 4) is 0 Å². The molecule has 0 fully saturated rings. The number of anilines is 2. The van der Waals surface area contributed by atoms with Crippen LogP contribution in [0.1, 0.15) is 19.4 Å². The third-order valence-corrected chi connectivity index (χ3v) is 4.27. The van der Waals surface area contributed by atoms with Gasteiger partial charge in [-0.05, 0) is 49.4 Å². The molecule has 2 aromatic rings. The summed E-state index contributed by atoms with van der Waals surface area (Å²) in [5, 5.41) is 6.24. The van der Waals surface area contributed by atoms with E-state index in [0.29, 0.717) is 0 Å². The molecule has 3 nitrogen and oxygen atoms in total. The Balaban J connectivity index is 2.02. The molecule has 0 aliphatic carbocycles. The highest BCUT2D eigenvalue weighted by atomic mass is 32.2. The van der Waals surface area contributed by atoms with Crippen molar-refractivity contribution >= 4 is 29.0 Å². The summed E-state index contributed by atoms with van der Waals surface area (Å²) in [6.07, 6.45) is 2.99. The fraction of sp³-hybridized carbons (Fsp3) is 0.278. The lowest BCUT2D eigenvalue weighted by Crippen LogP contribution is -2.32. The number of carbonyl (C=O) groups excluding carboxylic acids is 1. The van der Waals surface area contributed by atoms with E-state index >= 15 is 0 Å². The van der Waals surface area contributed by atoms with Crippen molar-refractivity contribution < 1.29 is 4.79 Å². The predicted octanol–water partition coefficient (Wildman–Crippen LogP) is 4.41. The van der Waals surface area contributed by atoms with E-state index in [1.165, 1.54) is 5.56 Å². The third kappa shape index (κ3) is 4.28. The smallest absolute Gasteiger partial charge is 0.246 e. The van der Waals surface area contributed by atoms with E-state index < -0.39 is 0 Å². The van der Waals surface area contributed by atoms with Crippen molar-refractivity contribution in [1.29, 1.82) is 0 Å². The van der Waals surface area contributed by atoms with Crippen LogP contribution in [-0.4, -0.2) is 18.2 Å². The van der Waals surface area contributed by atoms with E-state index in [1.807, 2.05) is 49.6 Å². The minimum atomic E-state index is -0.304. The van der Waals surface area contributed by atoms with Crippen LogP contribution in [0.2, 0.25) is 0 Å². The van der Waals surface area contributed by atoms with Crippen LogP contribution in [0.15, 0.2) is 53.4 Å². The first-order valence-electron chi connectivity index (χ1n) is 7.43. The Kier molecular flexibility index (Phi) is 5.90. The van der Waals surface area contributed by atoms with Crippen molar-refractivity contribution in [2.75, 3.05) is 16.9 Å². The molecule has 0 bridgehead atoms. The molecule has 2 aromatic carbocycles. The highest BCUT2D eigenvalue weighted by Gasteiger charge is 2.14. The summed E-state index contributed by atoms with van der Waals surface area (Å²) in [6.45, 7) is 3.99. The van der Waals surface area contributed by atoms with Gasteiger partial charge in [0.15, 0.2) is 0 Å². The molecule has 0 saturated carbocycles. The highest BCUT2D eigenvalue weighted by molar-refractivity contribution is 7.98. The van der Waals surface area contributed by atoms with Gasteiger partial charge in [0.1, 0.15) is 6.04 Å². The van der Waals surface area contributed by atoms with Crippen LogP contribution in [0.3, 0.4) is 0 Å². The monoisotopic (exact) mass is 314 g/mol. The van der Waals surface area contributed by atoms with E-state index in [4.69, 9.17) is 0 Å². The Morgan fingerprint density at radius 2 is 1.95 bits per heavy atom. The lowest BCUT2D eigenvalue weighted by Gasteiger charge is -2.17. The summed E-state index contributed by atoms with van der Waals surface area (Å²) in [7, 11) is 0. The minimum absolute atomic E-state index is 0.0385. The molecule has 2 N–H and O–H groups in total. The quantitative estimate of drug-likeness (QED) is 0.776. The van der Waals surface area contributed by atoms with Gasteiger partial charge in [-0.1, -0.05) is 31.2 Å². The number of hydrogen-bond acceptors (Lipinski definition) is 3. The van der Waals surface area contributed by atoms with Gasteiger partial charge in [0.05, 0.1) is 5.69 Å². The summed E-state index contributed by atoms with van der Waals surface area (Å²) >= 11 is 1.62. The Morgan fingerprint density at radius 3 is 2.68 bits per heavy atom. The molecule has 22 heavy (non-hydrogen) atoms. The summed E-state index contributed by atoms with van der Waals surface area (Å²) in [5.41, 5.74) is 3.08. The molecule has 0 heterocycles. The van der Waals surface area contributed by atoms with Gasteiger partial charge in [-0.2, -0.15) is 0 Å². The van der Waals surface area contributed by atoms with E-state index in [2.05, 4.69) is 29.7 Å². The van der Waals surface area contributed by atoms with Gasteiger partial charge in [0.25, 0.3) is 0 Å². The average molecular weight is 314 g/mol. The van der Waals surface area contributed by atoms with Gasteiger partial charge in [-0.3, -0.25) is 4.79 Å². The van der Waals surface area contributed by atoms with Crippen LogP contribution in [-0.2, 0) is 11.2 Å². The average Bonchev–Trinajstić information content (AvgIpc) is 2.55. The third-order valence-electron chi connectivity index (χ3n) is 3.48. The molecule has 0 aliphatic heterocycles. The van der Waals surface area contributed by atoms with Gasteiger partial charge in [0.2, 0.25) is 5.91 Å². The lowest BCUT2D eigenvalue weighted by molar-refractivity contribution is -0.116. The van der Waals surface area contributed by atoms with E-state index in [9.17, 15) is 4.79 Å². The number of hydrogen-bond donors (Lipinski definition) is 2. The maximum Gasteiger partial charge on any atom is 0.246 e. The van der Waals surface area contributed by atoms with E-state index in [0.717, 1.165) is 22.7 Å². The number of nitrogens with one attached hydrogen (secondary N) is 2. The molecule has 0 spiro atoms. The van der Waals surface area contributed by atoms with Crippen LogP contribution in [0.5, 0.6) is 0 Å². The maximum atomic E-state index is 12.4. The molecule has 0 aromatic heterocycles. The van der Waals surface area contributed by atoms with Crippen LogP contribution in [0.25, 0.3) is 0 Å². The molecule has 0 radical (unpaired) electrons. The Bertz CT molecular complexity index is 642. The molecule has 1 atom stereocenters. The normalized spacial score (nSPS) is 11.8. The zero-order chi connectivity index (χ0) is 15.9. The molecule has 4 heteroatoms. The molecule has 116 valence electrons. The second-order valence-electron chi connectivity index (χ2n) is 5.11. The van der Waals surface area contributed by atoms with Gasteiger partial charge < -0.3 is 10.6 Å². The topological polar surface area (TPSA) is 41.1 Å². The Hall–Kier alpha value is -1.94. The van der Waals surface area contributed by atoms with Crippen molar-refractivity contribution in [1.82, 2.24) is 0 Å². The van der Waals surface area contributed by atoms with Crippen LogP contribution in [0, 0.1) is 0 Å². The summed E-state index contributed by atoms with van der Waals surface area (Å²) in [6, 6.07) is 15.7. The molecular weight excluding hydrogens is 292 g/mol. The summed E-state index contributed by atoms with van der Waals surface area (Å²) in [4.78, 5) is 13.4. The molecule has 0 saturated heterocycles.